The predicted molar refractivity (Wildman–Crippen MR) is 68.6 cm³/mol. The van der Waals surface area contributed by atoms with Gasteiger partial charge in [0, 0.05) is 10.9 Å². The van der Waals surface area contributed by atoms with Crippen molar-refractivity contribution >= 4 is 17.1 Å². The number of benzene rings is 1. The SMILES string of the molecule is O=C(c1ccc(C2CCC2)cc1)c1cscn1. The van der Waals surface area contributed by atoms with E-state index in [1.54, 1.807) is 10.9 Å². The van der Waals surface area contributed by atoms with Gasteiger partial charge in [-0.25, -0.2) is 4.98 Å². The summed E-state index contributed by atoms with van der Waals surface area (Å²) in [7, 11) is 0. The van der Waals surface area contributed by atoms with Crippen LogP contribution in [0.4, 0.5) is 0 Å². The van der Waals surface area contributed by atoms with Gasteiger partial charge in [-0.1, -0.05) is 30.7 Å². The summed E-state index contributed by atoms with van der Waals surface area (Å²) in [5, 5.41) is 1.79. The summed E-state index contributed by atoms with van der Waals surface area (Å²) in [4.78, 5) is 16.1. The summed E-state index contributed by atoms with van der Waals surface area (Å²) in [5.41, 5.74) is 4.34. The molecule has 0 N–H and O–H groups in total. The normalized spacial score (nSPS) is 15.5. The summed E-state index contributed by atoms with van der Waals surface area (Å²) in [5.74, 6) is 0.741. The molecule has 0 aliphatic heterocycles. The lowest BCUT2D eigenvalue weighted by Crippen LogP contribution is -2.09. The third kappa shape index (κ3) is 2.03. The highest BCUT2D eigenvalue weighted by molar-refractivity contribution is 7.07. The fourth-order valence-electron chi connectivity index (χ4n) is 2.12. The zero-order valence-electron chi connectivity index (χ0n) is 9.43. The van der Waals surface area contributed by atoms with Gasteiger partial charge in [0.25, 0.3) is 0 Å². The number of rotatable bonds is 3. The number of carbonyl (C=O) groups is 1. The maximum absolute atomic E-state index is 12.0. The van der Waals surface area contributed by atoms with Gasteiger partial charge in [0.2, 0.25) is 5.78 Å². The minimum absolute atomic E-state index is 0.0198. The topological polar surface area (TPSA) is 30.0 Å². The Morgan fingerprint density at radius 2 is 2.00 bits per heavy atom. The van der Waals surface area contributed by atoms with Crippen LogP contribution in [0.15, 0.2) is 35.2 Å². The van der Waals surface area contributed by atoms with E-state index >= 15 is 0 Å². The monoisotopic (exact) mass is 243 g/mol. The van der Waals surface area contributed by atoms with Crippen molar-refractivity contribution in [2.24, 2.45) is 0 Å². The number of nitrogens with zero attached hydrogens (tertiary/aromatic N) is 1. The molecule has 0 radical (unpaired) electrons. The molecule has 0 bridgehead atoms. The average Bonchev–Trinajstić information content (AvgIpc) is 2.80. The molecule has 17 heavy (non-hydrogen) atoms. The molecule has 1 aliphatic carbocycles. The summed E-state index contributed by atoms with van der Waals surface area (Å²) in [6.45, 7) is 0. The highest BCUT2D eigenvalue weighted by Crippen LogP contribution is 2.36. The van der Waals surface area contributed by atoms with E-state index in [9.17, 15) is 4.79 Å². The molecule has 1 aromatic carbocycles. The molecule has 3 rings (SSSR count). The van der Waals surface area contributed by atoms with Gasteiger partial charge in [0.15, 0.2) is 0 Å². The first-order chi connectivity index (χ1) is 8.34. The molecule has 1 fully saturated rings. The zero-order chi connectivity index (χ0) is 11.7. The van der Waals surface area contributed by atoms with Crippen LogP contribution in [-0.2, 0) is 0 Å². The van der Waals surface area contributed by atoms with Crippen molar-refractivity contribution in [1.82, 2.24) is 4.98 Å². The second kappa shape index (κ2) is 4.41. The molecule has 1 aliphatic rings. The van der Waals surface area contributed by atoms with Crippen molar-refractivity contribution in [1.29, 1.82) is 0 Å². The van der Waals surface area contributed by atoms with Gasteiger partial charge in [0.1, 0.15) is 5.69 Å². The Labute approximate surface area is 104 Å². The zero-order valence-corrected chi connectivity index (χ0v) is 10.2. The predicted octanol–water partition coefficient (Wildman–Crippen LogP) is 3.64. The first-order valence-corrected chi connectivity index (χ1v) is 6.82. The quantitative estimate of drug-likeness (QED) is 0.770. The molecule has 0 amide bonds. The summed E-state index contributed by atoms with van der Waals surface area (Å²) < 4.78 is 0. The molecule has 3 heteroatoms. The number of hydrogen-bond donors (Lipinski definition) is 0. The third-order valence-electron chi connectivity index (χ3n) is 3.41. The van der Waals surface area contributed by atoms with Gasteiger partial charge in [-0.05, 0) is 24.3 Å². The van der Waals surface area contributed by atoms with E-state index in [4.69, 9.17) is 0 Å². The number of aromatic nitrogens is 1. The molecule has 86 valence electrons. The third-order valence-corrected chi connectivity index (χ3v) is 4.00. The fraction of sp³-hybridized carbons (Fsp3) is 0.286. The van der Waals surface area contributed by atoms with Gasteiger partial charge < -0.3 is 0 Å². The van der Waals surface area contributed by atoms with Crippen LogP contribution in [0, 0.1) is 0 Å². The Bertz CT molecular complexity index is 512. The molecule has 1 saturated carbocycles. The van der Waals surface area contributed by atoms with E-state index in [2.05, 4.69) is 17.1 Å². The second-order valence-corrected chi connectivity index (χ2v) is 5.17. The van der Waals surface area contributed by atoms with E-state index in [0.29, 0.717) is 5.69 Å². The number of hydrogen-bond acceptors (Lipinski definition) is 3. The lowest BCUT2D eigenvalue weighted by molar-refractivity contribution is 0.103. The van der Waals surface area contributed by atoms with Crippen molar-refractivity contribution in [2.75, 3.05) is 0 Å². The van der Waals surface area contributed by atoms with E-state index in [-0.39, 0.29) is 5.78 Å². The van der Waals surface area contributed by atoms with Crippen LogP contribution in [0.3, 0.4) is 0 Å². The van der Waals surface area contributed by atoms with E-state index in [1.807, 2.05) is 12.1 Å². The highest BCUT2D eigenvalue weighted by Gasteiger charge is 2.19. The van der Waals surface area contributed by atoms with Crippen LogP contribution < -0.4 is 0 Å². The van der Waals surface area contributed by atoms with Gasteiger partial charge in [-0.15, -0.1) is 11.3 Å². The lowest BCUT2D eigenvalue weighted by atomic mass is 9.80. The Kier molecular flexibility index (Phi) is 2.77. The van der Waals surface area contributed by atoms with Gasteiger partial charge in [0.05, 0.1) is 5.51 Å². The van der Waals surface area contributed by atoms with E-state index < -0.39 is 0 Å². The molecule has 0 unspecified atom stereocenters. The van der Waals surface area contributed by atoms with Crippen molar-refractivity contribution < 1.29 is 4.79 Å². The van der Waals surface area contributed by atoms with Crippen molar-refractivity contribution in [2.45, 2.75) is 25.2 Å². The van der Waals surface area contributed by atoms with Crippen LogP contribution in [0.5, 0.6) is 0 Å². The van der Waals surface area contributed by atoms with E-state index in [0.717, 1.165) is 11.5 Å². The molecular formula is C14H13NOS. The van der Waals surface area contributed by atoms with Gasteiger partial charge in [-0.2, -0.15) is 0 Å². The molecule has 2 aromatic rings. The van der Waals surface area contributed by atoms with Crippen molar-refractivity contribution in [3.63, 3.8) is 0 Å². The summed E-state index contributed by atoms with van der Waals surface area (Å²) in [6, 6.07) is 8.03. The van der Waals surface area contributed by atoms with Crippen LogP contribution >= 0.6 is 11.3 Å². The molecule has 0 saturated heterocycles. The van der Waals surface area contributed by atoms with Gasteiger partial charge >= 0.3 is 0 Å². The standard InChI is InChI=1S/C14H13NOS/c16-14(13-8-17-9-15-13)12-6-4-11(5-7-12)10-2-1-3-10/h4-10H,1-3H2. The Morgan fingerprint density at radius 3 is 2.53 bits per heavy atom. The first kappa shape index (κ1) is 10.7. The molecule has 0 atom stereocenters. The Morgan fingerprint density at radius 1 is 1.24 bits per heavy atom. The van der Waals surface area contributed by atoms with Crippen LogP contribution in [0.1, 0.15) is 46.8 Å². The van der Waals surface area contributed by atoms with Crippen molar-refractivity contribution in [3.05, 3.63) is 52.0 Å². The van der Waals surface area contributed by atoms with Crippen molar-refractivity contribution in [3.8, 4) is 0 Å². The Balaban J connectivity index is 1.82. The molecule has 2 nitrogen and oxygen atoms in total. The number of thiazole rings is 1. The molecular weight excluding hydrogens is 230 g/mol. The molecule has 1 heterocycles. The van der Waals surface area contributed by atoms with E-state index in [1.165, 1.54) is 36.2 Å². The second-order valence-electron chi connectivity index (χ2n) is 4.45. The minimum Gasteiger partial charge on any atom is -0.287 e. The first-order valence-electron chi connectivity index (χ1n) is 5.87. The number of carbonyl (C=O) groups excluding carboxylic acids is 1. The summed E-state index contributed by atoms with van der Waals surface area (Å²) in [6.07, 6.45) is 3.92. The van der Waals surface area contributed by atoms with Crippen LogP contribution in [0.25, 0.3) is 0 Å². The van der Waals surface area contributed by atoms with Crippen LogP contribution in [-0.4, -0.2) is 10.8 Å². The molecule has 0 spiro atoms. The smallest absolute Gasteiger partial charge is 0.212 e. The average molecular weight is 243 g/mol. The van der Waals surface area contributed by atoms with Crippen LogP contribution in [0.2, 0.25) is 0 Å². The number of ketones is 1. The Hall–Kier alpha value is -1.48. The minimum atomic E-state index is 0.0198. The summed E-state index contributed by atoms with van der Waals surface area (Å²) >= 11 is 1.45. The highest BCUT2D eigenvalue weighted by atomic mass is 32.1. The maximum Gasteiger partial charge on any atom is 0.212 e. The fourth-order valence-corrected chi connectivity index (χ4v) is 2.65. The lowest BCUT2D eigenvalue weighted by Gasteiger charge is -2.25. The maximum atomic E-state index is 12.0. The van der Waals surface area contributed by atoms with Gasteiger partial charge in [-0.3, -0.25) is 4.79 Å². The largest absolute Gasteiger partial charge is 0.287 e. The molecule has 1 aromatic heterocycles.